The summed E-state index contributed by atoms with van der Waals surface area (Å²) in [7, 11) is 0. The quantitative estimate of drug-likeness (QED) is 0.860. The third-order valence-electron chi connectivity index (χ3n) is 3.82. The topological polar surface area (TPSA) is 41.5 Å². The summed E-state index contributed by atoms with van der Waals surface area (Å²) in [6, 6.07) is 7.81. The van der Waals surface area contributed by atoms with Crippen molar-refractivity contribution in [2.45, 2.75) is 32.3 Å². The van der Waals surface area contributed by atoms with E-state index in [0.29, 0.717) is 6.61 Å². The van der Waals surface area contributed by atoms with Crippen LogP contribution < -0.4 is 10.1 Å². The summed E-state index contributed by atoms with van der Waals surface area (Å²) in [5, 5.41) is 14.3. The first-order valence-electron chi connectivity index (χ1n) is 6.81. The minimum Gasteiger partial charge on any atom is -0.493 e. The van der Waals surface area contributed by atoms with Crippen LogP contribution in [-0.2, 0) is 5.60 Å². The number of rotatable bonds is 4. The maximum Gasteiger partial charge on any atom is 0.125 e. The van der Waals surface area contributed by atoms with Gasteiger partial charge in [-0.1, -0.05) is 18.2 Å². The highest BCUT2D eigenvalue weighted by molar-refractivity contribution is 5.38. The molecule has 3 nitrogen and oxygen atoms in total. The molecule has 1 aliphatic heterocycles. The van der Waals surface area contributed by atoms with Gasteiger partial charge >= 0.3 is 0 Å². The molecule has 2 unspecified atom stereocenters. The lowest BCUT2D eigenvalue weighted by Gasteiger charge is -2.37. The smallest absolute Gasteiger partial charge is 0.125 e. The average Bonchev–Trinajstić information content (AvgIpc) is 2.41. The van der Waals surface area contributed by atoms with Crippen molar-refractivity contribution in [3.63, 3.8) is 0 Å². The van der Waals surface area contributed by atoms with Crippen molar-refractivity contribution in [1.29, 1.82) is 0 Å². The minimum absolute atomic E-state index is 0.243. The molecule has 1 aliphatic rings. The van der Waals surface area contributed by atoms with Crippen molar-refractivity contribution in [2.75, 3.05) is 19.7 Å². The third kappa shape index (κ3) is 2.68. The lowest BCUT2D eigenvalue weighted by Crippen LogP contribution is -2.42. The van der Waals surface area contributed by atoms with Gasteiger partial charge < -0.3 is 15.2 Å². The summed E-state index contributed by atoms with van der Waals surface area (Å²) >= 11 is 0. The molecule has 0 aromatic heterocycles. The first kappa shape index (κ1) is 13.4. The van der Waals surface area contributed by atoms with E-state index in [1.807, 2.05) is 38.1 Å². The van der Waals surface area contributed by atoms with Crippen LogP contribution in [0, 0.1) is 5.92 Å². The van der Waals surface area contributed by atoms with Crippen LogP contribution in [0.15, 0.2) is 24.3 Å². The molecule has 3 heteroatoms. The Hall–Kier alpha value is -1.06. The molecule has 1 aromatic carbocycles. The van der Waals surface area contributed by atoms with Gasteiger partial charge in [0.1, 0.15) is 5.75 Å². The predicted octanol–water partition coefficient (Wildman–Crippen LogP) is 2.29. The van der Waals surface area contributed by atoms with Gasteiger partial charge in [0.05, 0.1) is 12.2 Å². The fraction of sp³-hybridized carbons (Fsp3) is 0.600. The highest BCUT2D eigenvalue weighted by atomic mass is 16.5. The second kappa shape index (κ2) is 5.72. The molecule has 2 N–H and O–H groups in total. The summed E-state index contributed by atoms with van der Waals surface area (Å²) in [6.45, 7) is 6.42. The van der Waals surface area contributed by atoms with E-state index in [1.165, 1.54) is 0 Å². The minimum atomic E-state index is -0.834. The molecule has 1 heterocycles. The van der Waals surface area contributed by atoms with Gasteiger partial charge in [0.15, 0.2) is 0 Å². The van der Waals surface area contributed by atoms with E-state index in [2.05, 4.69) is 5.32 Å². The number of hydrogen-bond acceptors (Lipinski definition) is 3. The number of para-hydroxylation sites is 1. The van der Waals surface area contributed by atoms with Crippen molar-refractivity contribution in [3.8, 4) is 5.75 Å². The van der Waals surface area contributed by atoms with Gasteiger partial charge in [-0.2, -0.15) is 0 Å². The van der Waals surface area contributed by atoms with Crippen molar-refractivity contribution >= 4 is 0 Å². The molecule has 1 saturated heterocycles. The number of piperidine rings is 1. The Labute approximate surface area is 109 Å². The van der Waals surface area contributed by atoms with E-state index >= 15 is 0 Å². The van der Waals surface area contributed by atoms with E-state index in [4.69, 9.17) is 4.74 Å². The highest BCUT2D eigenvalue weighted by Crippen LogP contribution is 2.38. The molecular weight excluding hydrogens is 226 g/mol. The van der Waals surface area contributed by atoms with E-state index < -0.39 is 5.60 Å². The Morgan fingerprint density at radius 3 is 2.89 bits per heavy atom. The molecule has 0 amide bonds. The molecule has 1 fully saturated rings. The zero-order valence-corrected chi connectivity index (χ0v) is 11.3. The van der Waals surface area contributed by atoms with Crippen LogP contribution in [0.1, 0.15) is 32.3 Å². The zero-order chi connectivity index (χ0) is 13.0. The molecular formula is C15H23NO2. The lowest BCUT2D eigenvalue weighted by molar-refractivity contribution is -0.0177. The normalized spacial score (nSPS) is 23.4. The van der Waals surface area contributed by atoms with Gasteiger partial charge in [0, 0.05) is 18.0 Å². The van der Waals surface area contributed by atoms with E-state index in [-0.39, 0.29) is 5.92 Å². The van der Waals surface area contributed by atoms with Crippen LogP contribution in [0.3, 0.4) is 0 Å². The molecule has 2 rings (SSSR count). The number of aliphatic hydroxyl groups is 1. The van der Waals surface area contributed by atoms with Crippen molar-refractivity contribution in [3.05, 3.63) is 29.8 Å². The second-order valence-corrected chi connectivity index (χ2v) is 5.12. The summed E-state index contributed by atoms with van der Waals surface area (Å²) in [5.41, 5.74) is 0.0691. The fourth-order valence-electron chi connectivity index (χ4n) is 2.72. The van der Waals surface area contributed by atoms with Crippen molar-refractivity contribution < 1.29 is 9.84 Å². The monoisotopic (exact) mass is 249 g/mol. The first-order chi connectivity index (χ1) is 8.66. The summed E-state index contributed by atoms with van der Waals surface area (Å²) < 4.78 is 5.63. The molecule has 100 valence electrons. The number of nitrogens with one attached hydrogen (secondary N) is 1. The van der Waals surface area contributed by atoms with E-state index in [9.17, 15) is 5.11 Å². The zero-order valence-electron chi connectivity index (χ0n) is 11.3. The van der Waals surface area contributed by atoms with Crippen LogP contribution in [0.4, 0.5) is 0 Å². The largest absolute Gasteiger partial charge is 0.493 e. The summed E-state index contributed by atoms with van der Waals surface area (Å²) in [5.74, 6) is 1.04. The number of hydrogen-bond donors (Lipinski definition) is 2. The van der Waals surface area contributed by atoms with Crippen LogP contribution in [0.25, 0.3) is 0 Å². The Kier molecular flexibility index (Phi) is 4.25. The number of benzene rings is 1. The van der Waals surface area contributed by atoms with Gasteiger partial charge in [-0.05, 0) is 39.3 Å². The Bertz CT molecular complexity index is 384. The molecule has 0 spiro atoms. The van der Waals surface area contributed by atoms with Crippen LogP contribution in [0.2, 0.25) is 0 Å². The van der Waals surface area contributed by atoms with Crippen molar-refractivity contribution in [2.24, 2.45) is 5.92 Å². The standard InChI is InChI=1S/C15H23NO2/c1-3-18-14-9-5-4-8-13(14)15(2,17)12-7-6-10-16-11-12/h4-5,8-9,12,16-17H,3,6-7,10-11H2,1-2H3. The van der Waals surface area contributed by atoms with Gasteiger partial charge in [-0.3, -0.25) is 0 Å². The molecule has 18 heavy (non-hydrogen) atoms. The van der Waals surface area contributed by atoms with Crippen LogP contribution in [-0.4, -0.2) is 24.8 Å². The second-order valence-electron chi connectivity index (χ2n) is 5.12. The Morgan fingerprint density at radius 2 is 2.22 bits per heavy atom. The molecule has 2 atom stereocenters. The van der Waals surface area contributed by atoms with Gasteiger partial charge in [0.2, 0.25) is 0 Å². The summed E-state index contributed by atoms with van der Waals surface area (Å²) in [6.07, 6.45) is 2.18. The maximum absolute atomic E-state index is 10.9. The number of ether oxygens (including phenoxy) is 1. The highest BCUT2D eigenvalue weighted by Gasteiger charge is 2.36. The van der Waals surface area contributed by atoms with Gasteiger partial charge in [-0.15, -0.1) is 0 Å². The van der Waals surface area contributed by atoms with E-state index in [0.717, 1.165) is 37.2 Å². The van der Waals surface area contributed by atoms with E-state index in [1.54, 1.807) is 0 Å². The van der Waals surface area contributed by atoms with Crippen LogP contribution >= 0.6 is 0 Å². The SMILES string of the molecule is CCOc1ccccc1C(C)(O)C1CCCNC1. The van der Waals surface area contributed by atoms with Gasteiger partial charge in [0.25, 0.3) is 0 Å². The molecule has 0 radical (unpaired) electrons. The molecule has 1 aromatic rings. The first-order valence-corrected chi connectivity index (χ1v) is 6.81. The summed E-state index contributed by atoms with van der Waals surface area (Å²) in [4.78, 5) is 0. The average molecular weight is 249 g/mol. The predicted molar refractivity (Wildman–Crippen MR) is 72.8 cm³/mol. The molecule has 0 saturated carbocycles. The lowest BCUT2D eigenvalue weighted by atomic mass is 9.78. The maximum atomic E-state index is 10.9. The van der Waals surface area contributed by atoms with Crippen molar-refractivity contribution in [1.82, 2.24) is 5.32 Å². The third-order valence-corrected chi connectivity index (χ3v) is 3.82. The van der Waals surface area contributed by atoms with Crippen LogP contribution in [0.5, 0.6) is 5.75 Å². The Balaban J connectivity index is 2.27. The molecule has 0 bridgehead atoms. The Morgan fingerprint density at radius 1 is 1.44 bits per heavy atom. The molecule has 0 aliphatic carbocycles. The fourth-order valence-corrected chi connectivity index (χ4v) is 2.72. The van der Waals surface area contributed by atoms with Gasteiger partial charge in [-0.25, -0.2) is 0 Å².